The summed E-state index contributed by atoms with van der Waals surface area (Å²) >= 11 is 0. The van der Waals surface area contributed by atoms with Gasteiger partial charge in [-0.2, -0.15) is 0 Å². The van der Waals surface area contributed by atoms with Crippen LogP contribution in [0.5, 0.6) is 0 Å². The Hall–Kier alpha value is -1.16. The third kappa shape index (κ3) is 4.61. The normalized spacial score (nSPS) is 12.6. The number of ketones is 1. The molecule has 2 N–H and O–H groups in total. The largest absolute Gasteiger partial charge is 0.335 e. The van der Waals surface area contributed by atoms with Crippen LogP contribution in [-0.4, -0.2) is 21.9 Å². The highest BCUT2D eigenvalue weighted by Crippen LogP contribution is 2.15. The fourth-order valence-electron chi connectivity index (χ4n) is 2.21. The Morgan fingerprint density at radius 1 is 1.44 bits per heavy atom. The van der Waals surface area contributed by atoms with Crippen molar-refractivity contribution < 1.29 is 4.79 Å². The average Bonchev–Trinajstić information content (AvgIpc) is 2.81. The van der Waals surface area contributed by atoms with E-state index in [1.54, 1.807) is 6.20 Å². The summed E-state index contributed by atoms with van der Waals surface area (Å²) in [5, 5.41) is 0. The van der Waals surface area contributed by atoms with Gasteiger partial charge in [0.25, 0.3) is 0 Å². The molecule has 0 radical (unpaired) electrons. The Bertz CT molecular complexity index is 360. The molecule has 0 amide bonds. The molecule has 1 atom stereocenters. The number of aryl methyl sites for hydroxylation is 1. The summed E-state index contributed by atoms with van der Waals surface area (Å²) in [5.74, 6) is 1.76. The second kappa shape index (κ2) is 8.03. The number of nitrogens with zero attached hydrogens (tertiary/aromatic N) is 2. The topological polar surface area (TPSA) is 60.9 Å². The van der Waals surface area contributed by atoms with Gasteiger partial charge in [-0.15, -0.1) is 0 Å². The number of imidazole rings is 1. The number of Topliss-reactive ketones (excluding diaryl/α,β-unsaturated/α-hetero) is 1. The lowest BCUT2D eigenvalue weighted by atomic mass is 9.95. The molecule has 0 saturated carbocycles. The highest BCUT2D eigenvalue weighted by Gasteiger charge is 2.11. The quantitative estimate of drug-likeness (QED) is 0.731. The van der Waals surface area contributed by atoms with Crippen molar-refractivity contribution in [3.63, 3.8) is 0 Å². The van der Waals surface area contributed by atoms with Gasteiger partial charge in [-0.05, 0) is 32.2 Å². The summed E-state index contributed by atoms with van der Waals surface area (Å²) in [6.07, 6.45) is 7.87. The van der Waals surface area contributed by atoms with E-state index in [4.69, 9.17) is 5.73 Å². The Kier molecular flexibility index (Phi) is 6.65. The SMILES string of the molecule is CCC(CCN)CCC(=O)Cc1nccn1CC. The maximum absolute atomic E-state index is 11.9. The molecule has 0 aliphatic rings. The van der Waals surface area contributed by atoms with E-state index in [1.165, 1.54) is 0 Å². The van der Waals surface area contributed by atoms with Crippen molar-refractivity contribution in [2.24, 2.45) is 11.7 Å². The minimum atomic E-state index is 0.284. The lowest BCUT2D eigenvalue weighted by Gasteiger charge is -2.12. The molecule has 0 spiro atoms. The van der Waals surface area contributed by atoms with Crippen molar-refractivity contribution in [3.8, 4) is 0 Å². The second-order valence-electron chi connectivity index (χ2n) is 4.74. The number of nitrogens with two attached hydrogens (primary N) is 1. The number of carbonyl (C=O) groups excluding carboxylic acids is 1. The van der Waals surface area contributed by atoms with E-state index in [2.05, 4.69) is 18.8 Å². The summed E-state index contributed by atoms with van der Waals surface area (Å²) in [5.41, 5.74) is 5.56. The lowest BCUT2D eigenvalue weighted by Crippen LogP contribution is -2.13. The lowest BCUT2D eigenvalue weighted by molar-refractivity contribution is -0.118. The van der Waals surface area contributed by atoms with Gasteiger partial charge in [-0.1, -0.05) is 13.3 Å². The number of hydrogen-bond acceptors (Lipinski definition) is 3. The van der Waals surface area contributed by atoms with Gasteiger partial charge in [0.1, 0.15) is 11.6 Å². The minimum Gasteiger partial charge on any atom is -0.335 e. The van der Waals surface area contributed by atoms with Crippen molar-refractivity contribution in [1.82, 2.24) is 9.55 Å². The fraction of sp³-hybridized carbons (Fsp3) is 0.714. The molecule has 1 heterocycles. The van der Waals surface area contributed by atoms with Gasteiger partial charge in [0, 0.05) is 25.4 Å². The molecule has 1 aromatic rings. The summed E-state index contributed by atoms with van der Waals surface area (Å²) in [6, 6.07) is 0. The summed E-state index contributed by atoms with van der Waals surface area (Å²) in [7, 11) is 0. The maximum Gasteiger partial charge on any atom is 0.140 e. The first-order valence-electron chi connectivity index (χ1n) is 6.93. The molecular weight excluding hydrogens is 226 g/mol. The molecule has 0 aliphatic heterocycles. The molecule has 0 aromatic carbocycles. The van der Waals surface area contributed by atoms with E-state index in [1.807, 2.05) is 10.8 Å². The monoisotopic (exact) mass is 251 g/mol. The van der Waals surface area contributed by atoms with Crippen LogP contribution in [0.15, 0.2) is 12.4 Å². The average molecular weight is 251 g/mol. The highest BCUT2D eigenvalue weighted by molar-refractivity contribution is 5.80. The molecule has 0 fully saturated rings. The number of hydrogen-bond donors (Lipinski definition) is 1. The zero-order chi connectivity index (χ0) is 13.4. The predicted octanol–water partition coefficient (Wildman–Crippen LogP) is 2.17. The first-order chi connectivity index (χ1) is 8.71. The number of carbonyl (C=O) groups is 1. The van der Waals surface area contributed by atoms with E-state index < -0.39 is 0 Å². The molecule has 0 saturated heterocycles. The maximum atomic E-state index is 11.9. The highest BCUT2D eigenvalue weighted by atomic mass is 16.1. The molecule has 0 bridgehead atoms. The van der Waals surface area contributed by atoms with Crippen molar-refractivity contribution in [2.75, 3.05) is 6.54 Å². The Labute approximate surface area is 110 Å². The van der Waals surface area contributed by atoms with Crippen molar-refractivity contribution in [1.29, 1.82) is 0 Å². The Balaban J connectivity index is 2.37. The van der Waals surface area contributed by atoms with Gasteiger partial charge in [-0.25, -0.2) is 4.98 Å². The van der Waals surface area contributed by atoms with Crippen LogP contribution in [-0.2, 0) is 17.8 Å². The zero-order valence-corrected chi connectivity index (χ0v) is 11.6. The fourth-order valence-corrected chi connectivity index (χ4v) is 2.21. The van der Waals surface area contributed by atoms with Crippen molar-refractivity contribution >= 4 is 5.78 Å². The smallest absolute Gasteiger partial charge is 0.140 e. The first-order valence-corrected chi connectivity index (χ1v) is 6.93. The third-order valence-corrected chi connectivity index (χ3v) is 3.48. The van der Waals surface area contributed by atoms with Gasteiger partial charge in [0.15, 0.2) is 0 Å². The molecule has 1 aromatic heterocycles. The minimum absolute atomic E-state index is 0.284. The van der Waals surface area contributed by atoms with Gasteiger partial charge < -0.3 is 10.3 Å². The molecule has 102 valence electrons. The molecular formula is C14H25N3O. The molecule has 0 aliphatic carbocycles. The van der Waals surface area contributed by atoms with Crippen LogP contribution >= 0.6 is 0 Å². The van der Waals surface area contributed by atoms with Gasteiger partial charge in [0.05, 0.1) is 6.42 Å². The number of rotatable bonds is 9. The van der Waals surface area contributed by atoms with E-state index in [9.17, 15) is 4.79 Å². The Morgan fingerprint density at radius 3 is 2.83 bits per heavy atom. The Morgan fingerprint density at radius 2 is 2.22 bits per heavy atom. The number of aromatic nitrogens is 2. The molecule has 4 heteroatoms. The predicted molar refractivity (Wildman–Crippen MR) is 73.3 cm³/mol. The van der Waals surface area contributed by atoms with Gasteiger partial charge in [-0.3, -0.25) is 4.79 Å². The van der Waals surface area contributed by atoms with E-state index in [-0.39, 0.29) is 5.78 Å². The summed E-state index contributed by atoms with van der Waals surface area (Å²) < 4.78 is 2.02. The van der Waals surface area contributed by atoms with Crippen molar-refractivity contribution in [3.05, 3.63) is 18.2 Å². The molecule has 18 heavy (non-hydrogen) atoms. The van der Waals surface area contributed by atoms with Gasteiger partial charge >= 0.3 is 0 Å². The van der Waals surface area contributed by atoms with Crippen LogP contribution < -0.4 is 5.73 Å². The first kappa shape index (κ1) is 14.9. The van der Waals surface area contributed by atoms with E-state index >= 15 is 0 Å². The van der Waals surface area contributed by atoms with Crippen LogP contribution in [0.4, 0.5) is 0 Å². The van der Waals surface area contributed by atoms with Crippen LogP contribution in [0.25, 0.3) is 0 Å². The van der Waals surface area contributed by atoms with Crippen molar-refractivity contribution in [2.45, 2.75) is 52.5 Å². The van der Waals surface area contributed by atoms with Crippen LogP contribution in [0.1, 0.15) is 45.4 Å². The summed E-state index contributed by atoms with van der Waals surface area (Å²) in [6.45, 7) is 5.80. The van der Waals surface area contributed by atoms with Crippen LogP contribution in [0, 0.1) is 5.92 Å². The van der Waals surface area contributed by atoms with E-state index in [0.717, 1.165) is 31.6 Å². The summed E-state index contributed by atoms with van der Waals surface area (Å²) in [4.78, 5) is 16.2. The van der Waals surface area contributed by atoms with Crippen LogP contribution in [0.2, 0.25) is 0 Å². The molecule has 1 unspecified atom stereocenters. The third-order valence-electron chi connectivity index (χ3n) is 3.48. The second-order valence-corrected chi connectivity index (χ2v) is 4.74. The van der Waals surface area contributed by atoms with E-state index in [0.29, 0.717) is 25.3 Å². The van der Waals surface area contributed by atoms with Crippen LogP contribution in [0.3, 0.4) is 0 Å². The molecule has 1 rings (SSSR count). The zero-order valence-electron chi connectivity index (χ0n) is 11.6. The molecule has 4 nitrogen and oxygen atoms in total. The standard InChI is InChI=1S/C14H25N3O/c1-3-12(7-8-15)5-6-13(18)11-14-16-9-10-17(14)4-2/h9-10,12H,3-8,11,15H2,1-2H3. The van der Waals surface area contributed by atoms with Gasteiger partial charge in [0.2, 0.25) is 0 Å².